The number of nitrogens with zero attached hydrogens (tertiary/aromatic N) is 2. The van der Waals surface area contributed by atoms with Crippen LogP contribution in [0.15, 0.2) is 16.9 Å². The third-order valence-corrected chi connectivity index (χ3v) is 2.79. The molecule has 0 amide bonds. The number of hydrogen-bond acceptors (Lipinski definition) is 4. The lowest BCUT2D eigenvalue weighted by Crippen LogP contribution is -2.27. The first-order valence-corrected chi connectivity index (χ1v) is 5.99. The van der Waals surface area contributed by atoms with Crippen LogP contribution >= 0.6 is 0 Å². The first-order valence-electron chi connectivity index (χ1n) is 5.99. The first-order chi connectivity index (χ1) is 9.43. The maximum atomic E-state index is 13.7. The first kappa shape index (κ1) is 14.0. The molecule has 0 saturated heterocycles. The summed E-state index contributed by atoms with van der Waals surface area (Å²) in [7, 11) is 0. The van der Waals surface area contributed by atoms with Crippen LogP contribution in [0.25, 0.3) is 10.9 Å². The predicted octanol–water partition coefficient (Wildman–Crippen LogP) is 1.33. The van der Waals surface area contributed by atoms with Gasteiger partial charge in [0.15, 0.2) is 11.6 Å². The molecule has 0 spiro atoms. The zero-order valence-electron chi connectivity index (χ0n) is 11.0. The van der Waals surface area contributed by atoms with Gasteiger partial charge in [-0.3, -0.25) is 14.2 Å². The van der Waals surface area contributed by atoms with Gasteiger partial charge in [0.2, 0.25) is 0 Å². The standard InChI is InChI=1S/C13H13FN2O4/c1-3-20-11-4-8-10(5-9(11)14)15-7(2)16(13(8)19)6-12(17)18/h4-5H,3,6H2,1-2H3,(H,17,18). The minimum atomic E-state index is -1.15. The second kappa shape index (κ2) is 5.28. The zero-order chi connectivity index (χ0) is 14.9. The number of ether oxygens (including phenoxy) is 1. The number of carbonyl (C=O) groups is 1. The highest BCUT2D eigenvalue weighted by Crippen LogP contribution is 2.22. The number of benzene rings is 1. The van der Waals surface area contributed by atoms with Gasteiger partial charge in [-0.05, 0) is 19.9 Å². The number of carboxylic acids is 1. The number of carboxylic acid groups (broad SMARTS) is 1. The largest absolute Gasteiger partial charge is 0.491 e. The van der Waals surface area contributed by atoms with Gasteiger partial charge in [-0.1, -0.05) is 0 Å². The van der Waals surface area contributed by atoms with E-state index in [1.807, 2.05) is 0 Å². The predicted molar refractivity (Wildman–Crippen MR) is 69.5 cm³/mol. The highest BCUT2D eigenvalue weighted by Gasteiger charge is 2.14. The molecule has 2 aromatic rings. The third kappa shape index (κ3) is 2.47. The second-order valence-corrected chi connectivity index (χ2v) is 4.18. The van der Waals surface area contributed by atoms with E-state index in [-0.39, 0.29) is 29.1 Å². The Bertz CT molecular complexity index is 739. The van der Waals surface area contributed by atoms with E-state index in [4.69, 9.17) is 9.84 Å². The summed E-state index contributed by atoms with van der Waals surface area (Å²) < 4.78 is 19.8. The molecule has 20 heavy (non-hydrogen) atoms. The second-order valence-electron chi connectivity index (χ2n) is 4.18. The molecule has 0 unspecified atom stereocenters. The fourth-order valence-electron chi connectivity index (χ4n) is 1.92. The summed E-state index contributed by atoms with van der Waals surface area (Å²) in [5.41, 5.74) is -0.356. The van der Waals surface area contributed by atoms with E-state index in [0.717, 1.165) is 10.6 Å². The van der Waals surface area contributed by atoms with Crippen molar-refractivity contribution < 1.29 is 19.0 Å². The molecule has 106 valence electrons. The summed E-state index contributed by atoms with van der Waals surface area (Å²) in [4.78, 5) is 27.1. The zero-order valence-corrected chi connectivity index (χ0v) is 11.0. The van der Waals surface area contributed by atoms with Gasteiger partial charge in [0.05, 0.1) is 17.5 Å². The summed E-state index contributed by atoms with van der Waals surface area (Å²) in [5.74, 6) is -1.59. The van der Waals surface area contributed by atoms with Gasteiger partial charge in [-0.2, -0.15) is 0 Å². The van der Waals surface area contributed by atoms with Crippen LogP contribution in [0.5, 0.6) is 5.75 Å². The molecule has 0 fully saturated rings. The average Bonchev–Trinajstić information content (AvgIpc) is 2.36. The van der Waals surface area contributed by atoms with E-state index in [1.54, 1.807) is 6.92 Å². The van der Waals surface area contributed by atoms with Gasteiger partial charge in [0.25, 0.3) is 5.56 Å². The molecule has 0 radical (unpaired) electrons. The van der Waals surface area contributed by atoms with Gasteiger partial charge in [-0.15, -0.1) is 0 Å². The molecule has 1 aromatic heterocycles. The van der Waals surface area contributed by atoms with Crippen LogP contribution in [0.2, 0.25) is 0 Å². The normalized spacial score (nSPS) is 10.8. The van der Waals surface area contributed by atoms with Crippen LogP contribution in [0, 0.1) is 12.7 Å². The van der Waals surface area contributed by atoms with Crippen molar-refractivity contribution >= 4 is 16.9 Å². The van der Waals surface area contributed by atoms with Crippen molar-refractivity contribution in [2.75, 3.05) is 6.61 Å². The molecule has 0 aliphatic heterocycles. The molecule has 0 atom stereocenters. The van der Waals surface area contributed by atoms with Crippen LogP contribution in [-0.4, -0.2) is 27.2 Å². The number of halogens is 1. The summed E-state index contributed by atoms with van der Waals surface area (Å²) in [6.45, 7) is 2.96. The smallest absolute Gasteiger partial charge is 0.323 e. The highest BCUT2D eigenvalue weighted by molar-refractivity contribution is 5.80. The van der Waals surface area contributed by atoms with Crippen molar-refractivity contribution in [1.29, 1.82) is 0 Å². The minimum absolute atomic E-state index is 0.0513. The van der Waals surface area contributed by atoms with Crippen LogP contribution in [-0.2, 0) is 11.3 Å². The lowest BCUT2D eigenvalue weighted by molar-refractivity contribution is -0.137. The van der Waals surface area contributed by atoms with E-state index < -0.39 is 23.9 Å². The molecule has 0 aliphatic carbocycles. The van der Waals surface area contributed by atoms with Crippen molar-refractivity contribution in [3.8, 4) is 5.75 Å². The fourth-order valence-corrected chi connectivity index (χ4v) is 1.92. The number of aryl methyl sites for hydroxylation is 1. The van der Waals surface area contributed by atoms with Crippen molar-refractivity contribution in [2.24, 2.45) is 0 Å². The third-order valence-electron chi connectivity index (χ3n) is 2.79. The van der Waals surface area contributed by atoms with E-state index in [1.165, 1.54) is 13.0 Å². The lowest BCUT2D eigenvalue weighted by atomic mass is 10.2. The lowest BCUT2D eigenvalue weighted by Gasteiger charge is -2.10. The number of fused-ring (bicyclic) bond motifs is 1. The fraction of sp³-hybridized carbons (Fsp3) is 0.308. The number of rotatable bonds is 4. The molecule has 2 rings (SSSR count). The van der Waals surface area contributed by atoms with E-state index in [9.17, 15) is 14.0 Å². The number of aliphatic carboxylic acids is 1. The highest BCUT2D eigenvalue weighted by atomic mass is 19.1. The molecule has 1 aromatic carbocycles. The Morgan fingerprint density at radius 1 is 1.50 bits per heavy atom. The molecule has 0 saturated carbocycles. The Balaban J connectivity index is 2.72. The summed E-state index contributed by atoms with van der Waals surface area (Å²) >= 11 is 0. The molecular formula is C13H13FN2O4. The van der Waals surface area contributed by atoms with Crippen molar-refractivity contribution in [3.05, 3.63) is 34.1 Å². The summed E-state index contributed by atoms with van der Waals surface area (Å²) in [6.07, 6.45) is 0. The van der Waals surface area contributed by atoms with Crippen LogP contribution < -0.4 is 10.3 Å². The molecular weight excluding hydrogens is 267 g/mol. The average molecular weight is 280 g/mol. The van der Waals surface area contributed by atoms with E-state index >= 15 is 0 Å². The molecule has 7 heteroatoms. The van der Waals surface area contributed by atoms with Gasteiger partial charge in [0.1, 0.15) is 12.4 Å². The Hall–Kier alpha value is -2.44. The Morgan fingerprint density at radius 2 is 2.20 bits per heavy atom. The van der Waals surface area contributed by atoms with E-state index in [0.29, 0.717) is 0 Å². The van der Waals surface area contributed by atoms with Gasteiger partial charge in [0, 0.05) is 6.07 Å². The van der Waals surface area contributed by atoms with Gasteiger partial charge < -0.3 is 9.84 Å². The van der Waals surface area contributed by atoms with Crippen molar-refractivity contribution in [1.82, 2.24) is 9.55 Å². The van der Waals surface area contributed by atoms with Gasteiger partial charge in [-0.25, -0.2) is 9.37 Å². The molecule has 0 aliphatic rings. The Kier molecular flexibility index (Phi) is 3.69. The Labute approximate surface area is 113 Å². The van der Waals surface area contributed by atoms with Crippen molar-refractivity contribution in [2.45, 2.75) is 20.4 Å². The quantitative estimate of drug-likeness (QED) is 0.913. The van der Waals surface area contributed by atoms with Gasteiger partial charge >= 0.3 is 5.97 Å². The minimum Gasteiger partial charge on any atom is -0.491 e. The maximum absolute atomic E-state index is 13.7. The summed E-state index contributed by atoms with van der Waals surface area (Å²) in [5, 5.41) is 8.93. The monoisotopic (exact) mass is 280 g/mol. The van der Waals surface area contributed by atoms with Crippen molar-refractivity contribution in [3.63, 3.8) is 0 Å². The molecule has 6 nitrogen and oxygen atoms in total. The van der Waals surface area contributed by atoms with Crippen LogP contribution in [0.1, 0.15) is 12.7 Å². The van der Waals surface area contributed by atoms with Crippen LogP contribution in [0.3, 0.4) is 0 Å². The Morgan fingerprint density at radius 3 is 2.80 bits per heavy atom. The molecule has 1 N–H and O–H groups in total. The maximum Gasteiger partial charge on any atom is 0.323 e. The number of aromatic nitrogens is 2. The topological polar surface area (TPSA) is 81.4 Å². The van der Waals surface area contributed by atoms with E-state index in [2.05, 4.69) is 4.98 Å². The number of hydrogen-bond donors (Lipinski definition) is 1. The van der Waals surface area contributed by atoms with Crippen LogP contribution in [0.4, 0.5) is 4.39 Å². The molecule has 1 heterocycles. The summed E-state index contributed by atoms with van der Waals surface area (Å²) in [6, 6.07) is 2.36. The molecule has 0 bridgehead atoms. The SMILES string of the molecule is CCOc1cc2c(=O)n(CC(=O)O)c(C)nc2cc1F.